The molecule has 1 heterocycles. The van der Waals surface area contributed by atoms with Gasteiger partial charge in [0.15, 0.2) is 0 Å². The Labute approximate surface area is 115 Å². The van der Waals surface area contributed by atoms with Crippen LogP contribution in [0.25, 0.3) is 0 Å². The molecule has 2 amide bonds. The van der Waals surface area contributed by atoms with Crippen molar-refractivity contribution in [1.29, 1.82) is 0 Å². The van der Waals surface area contributed by atoms with Crippen LogP contribution in [0.5, 0.6) is 5.75 Å². The molecular formula is C14H15NO5. The first-order valence-corrected chi connectivity index (χ1v) is 6.17. The third-order valence-corrected chi connectivity index (χ3v) is 3.65. The molecule has 0 saturated carbocycles. The summed E-state index contributed by atoms with van der Waals surface area (Å²) in [6, 6.07) is 4.19. The number of carbonyl (C=O) groups excluding carboxylic acids is 2. The van der Waals surface area contributed by atoms with Crippen molar-refractivity contribution in [2.75, 3.05) is 12.0 Å². The van der Waals surface area contributed by atoms with E-state index in [2.05, 4.69) is 0 Å². The minimum Gasteiger partial charge on any atom is -0.497 e. The first kappa shape index (κ1) is 14.0. The molecule has 20 heavy (non-hydrogen) atoms. The van der Waals surface area contributed by atoms with Crippen LogP contribution in [0.3, 0.4) is 0 Å². The van der Waals surface area contributed by atoms with Crippen LogP contribution >= 0.6 is 0 Å². The van der Waals surface area contributed by atoms with Crippen LogP contribution in [0, 0.1) is 11.8 Å². The Morgan fingerprint density at radius 3 is 2.20 bits per heavy atom. The molecule has 106 valence electrons. The average Bonchev–Trinajstić information content (AvgIpc) is 2.62. The zero-order valence-corrected chi connectivity index (χ0v) is 11.4. The molecule has 1 aliphatic rings. The Morgan fingerprint density at radius 1 is 1.20 bits per heavy atom. The number of anilines is 1. The second kappa shape index (κ2) is 4.96. The van der Waals surface area contributed by atoms with Crippen LogP contribution in [0.2, 0.25) is 0 Å². The van der Waals surface area contributed by atoms with E-state index in [4.69, 9.17) is 4.74 Å². The monoisotopic (exact) mass is 277 g/mol. The van der Waals surface area contributed by atoms with Crippen LogP contribution in [-0.4, -0.2) is 30.0 Å². The summed E-state index contributed by atoms with van der Waals surface area (Å²) in [4.78, 5) is 36.6. The van der Waals surface area contributed by atoms with Crippen molar-refractivity contribution >= 4 is 23.5 Å². The molecule has 0 aliphatic carbocycles. The molecule has 0 bridgehead atoms. The summed E-state index contributed by atoms with van der Waals surface area (Å²) in [5.74, 6) is -2.52. The molecule has 6 nitrogen and oxygen atoms in total. The summed E-state index contributed by atoms with van der Waals surface area (Å²) in [6.45, 7) is 3.32. The Kier molecular flexibility index (Phi) is 3.48. The molecule has 2 atom stereocenters. The number of imide groups is 1. The van der Waals surface area contributed by atoms with Gasteiger partial charge in [0.25, 0.3) is 0 Å². The van der Waals surface area contributed by atoms with Crippen LogP contribution < -0.4 is 9.64 Å². The Bertz CT molecular complexity index is 575. The number of methoxy groups -OCH3 is 1. The predicted molar refractivity (Wildman–Crippen MR) is 70.8 cm³/mol. The summed E-state index contributed by atoms with van der Waals surface area (Å²) >= 11 is 0. The summed E-state index contributed by atoms with van der Waals surface area (Å²) in [7, 11) is 1.43. The fourth-order valence-corrected chi connectivity index (χ4v) is 2.19. The number of carboxylic acids is 1. The van der Waals surface area contributed by atoms with E-state index >= 15 is 0 Å². The largest absolute Gasteiger partial charge is 0.497 e. The Balaban J connectivity index is 2.59. The van der Waals surface area contributed by atoms with Crippen LogP contribution in [0.1, 0.15) is 24.2 Å². The van der Waals surface area contributed by atoms with Gasteiger partial charge in [0.1, 0.15) is 5.75 Å². The standard InChI is InChI=1S/C14H15NO5/c1-7-8(2)13(17)15(12(7)16)11-6-9(20-3)4-5-10(11)14(18)19/h4-8H,1-3H3,(H,18,19). The molecular weight excluding hydrogens is 262 g/mol. The number of carbonyl (C=O) groups is 3. The number of hydrogen-bond acceptors (Lipinski definition) is 4. The summed E-state index contributed by atoms with van der Waals surface area (Å²) in [6.07, 6.45) is 0. The molecule has 1 aliphatic heterocycles. The van der Waals surface area contributed by atoms with Gasteiger partial charge in [-0.3, -0.25) is 9.59 Å². The first-order valence-electron chi connectivity index (χ1n) is 6.17. The molecule has 1 aromatic carbocycles. The van der Waals surface area contributed by atoms with E-state index in [9.17, 15) is 19.5 Å². The maximum absolute atomic E-state index is 12.2. The van der Waals surface area contributed by atoms with Crippen LogP contribution in [0.4, 0.5) is 5.69 Å². The molecule has 1 N–H and O–H groups in total. The van der Waals surface area contributed by atoms with E-state index in [1.807, 2.05) is 0 Å². The normalized spacial score (nSPS) is 22.2. The zero-order chi connectivity index (χ0) is 15.0. The maximum Gasteiger partial charge on any atom is 0.337 e. The topological polar surface area (TPSA) is 83.9 Å². The molecule has 2 rings (SSSR count). The van der Waals surface area contributed by atoms with Crippen molar-refractivity contribution in [1.82, 2.24) is 0 Å². The lowest BCUT2D eigenvalue weighted by atomic mass is 10.00. The third-order valence-electron chi connectivity index (χ3n) is 3.65. The average molecular weight is 277 g/mol. The highest BCUT2D eigenvalue weighted by Crippen LogP contribution is 2.34. The van der Waals surface area contributed by atoms with Gasteiger partial charge in [-0.05, 0) is 12.1 Å². The lowest BCUT2D eigenvalue weighted by molar-refractivity contribution is -0.122. The molecule has 1 saturated heterocycles. The van der Waals surface area contributed by atoms with Gasteiger partial charge < -0.3 is 9.84 Å². The van der Waals surface area contributed by atoms with Crippen molar-refractivity contribution in [2.45, 2.75) is 13.8 Å². The number of hydrogen-bond donors (Lipinski definition) is 1. The quantitative estimate of drug-likeness (QED) is 0.847. The second-order valence-corrected chi connectivity index (χ2v) is 4.78. The molecule has 1 fully saturated rings. The van der Waals surface area contributed by atoms with Gasteiger partial charge in [-0.25, -0.2) is 9.69 Å². The van der Waals surface area contributed by atoms with Crippen molar-refractivity contribution < 1.29 is 24.2 Å². The van der Waals surface area contributed by atoms with Gasteiger partial charge in [0, 0.05) is 17.9 Å². The van der Waals surface area contributed by atoms with E-state index in [-0.39, 0.29) is 11.3 Å². The molecule has 0 spiro atoms. The first-order chi connectivity index (χ1) is 9.38. The van der Waals surface area contributed by atoms with Gasteiger partial charge in [-0.1, -0.05) is 13.8 Å². The number of amides is 2. The van der Waals surface area contributed by atoms with E-state index in [1.165, 1.54) is 25.3 Å². The summed E-state index contributed by atoms with van der Waals surface area (Å²) in [5.41, 5.74) is -0.0446. The predicted octanol–water partition coefficient (Wildman–Crippen LogP) is 1.54. The number of nitrogens with zero attached hydrogens (tertiary/aromatic N) is 1. The van der Waals surface area contributed by atoms with Crippen LogP contribution in [-0.2, 0) is 9.59 Å². The molecule has 6 heteroatoms. The van der Waals surface area contributed by atoms with Crippen molar-refractivity contribution in [2.24, 2.45) is 11.8 Å². The van der Waals surface area contributed by atoms with Crippen LogP contribution in [0.15, 0.2) is 18.2 Å². The smallest absolute Gasteiger partial charge is 0.337 e. The zero-order valence-electron chi connectivity index (χ0n) is 11.4. The van der Waals surface area contributed by atoms with Crippen molar-refractivity contribution in [3.8, 4) is 5.75 Å². The number of ether oxygens (including phenoxy) is 1. The Hall–Kier alpha value is -2.37. The minimum atomic E-state index is -1.20. The molecule has 1 aromatic rings. The lowest BCUT2D eigenvalue weighted by Gasteiger charge is -2.18. The SMILES string of the molecule is COc1ccc(C(=O)O)c(N2C(=O)C(C)C(C)C2=O)c1. The number of rotatable bonds is 3. The number of aromatic carboxylic acids is 1. The maximum atomic E-state index is 12.2. The van der Waals surface area contributed by atoms with Gasteiger partial charge in [0.05, 0.1) is 18.4 Å². The highest BCUT2D eigenvalue weighted by atomic mass is 16.5. The summed E-state index contributed by atoms with van der Waals surface area (Å²) in [5, 5.41) is 9.20. The highest BCUT2D eigenvalue weighted by Gasteiger charge is 2.44. The lowest BCUT2D eigenvalue weighted by Crippen LogP contribution is -2.32. The van der Waals surface area contributed by atoms with E-state index in [0.29, 0.717) is 5.75 Å². The fraction of sp³-hybridized carbons (Fsp3) is 0.357. The number of carboxylic acid groups (broad SMARTS) is 1. The molecule has 0 aromatic heterocycles. The van der Waals surface area contributed by atoms with Gasteiger partial charge in [0.2, 0.25) is 11.8 Å². The highest BCUT2D eigenvalue weighted by molar-refractivity contribution is 6.23. The molecule has 0 radical (unpaired) electrons. The Morgan fingerprint density at radius 2 is 1.75 bits per heavy atom. The van der Waals surface area contributed by atoms with Crippen molar-refractivity contribution in [3.05, 3.63) is 23.8 Å². The third kappa shape index (κ3) is 2.03. The summed E-state index contributed by atoms with van der Waals surface area (Å²) < 4.78 is 5.03. The fourth-order valence-electron chi connectivity index (χ4n) is 2.19. The minimum absolute atomic E-state index is 0.0584. The van der Waals surface area contributed by atoms with E-state index < -0.39 is 29.6 Å². The van der Waals surface area contributed by atoms with Crippen molar-refractivity contribution in [3.63, 3.8) is 0 Å². The van der Waals surface area contributed by atoms with Gasteiger partial charge in [-0.2, -0.15) is 0 Å². The van der Waals surface area contributed by atoms with Gasteiger partial charge in [-0.15, -0.1) is 0 Å². The number of benzene rings is 1. The van der Waals surface area contributed by atoms with Gasteiger partial charge >= 0.3 is 5.97 Å². The van der Waals surface area contributed by atoms with E-state index in [0.717, 1.165) is 4.90 Å². The van der Waals surface area contributed by atoms with E-state index in [1.54, 1.807) is 13.8 Å². The molecule has 2 unspecified atom stereocenters. The second-order valence-electron chi connectivity index (χ2n) is 4.78.